The van der Waals surface area contributed by atoms with Crippen LogP contribution in [0.1, 0.15) is 31.2 Å². The molecule has 0 aliphatic carbocycles. The number of hydrogen-bond donors (Lipinski definition) is 1. The third kappa shape index (κ3) is 3.41. The monoisotopic (exact) mass is 313 g/mol. The second kappa shape index (κ2) is 6.24. The molecule has 6 nitrogen and oxygen atoms in total. The summed E-state index contributed by atoms with van der Waals surface area (Å²) in [5.41, 5.74) is 2.31. The minimum atomic E-state index is -0.167. The normalized spacial score (nSPS) is 17.6. The molecule has 1 fully saturated rings. The van der Waals surface area contributed by atoms with Gasteiger partial charge in [-0.1, -0.05) is 5.16 Å². The van der Waals surface area contributed by atoms with Crippen molar-refractivity contribution >= 4 is 23.2 Å². The van der Waals surface area contributed by atoms with Gasteiger partial charge in [0.25, 0.3) is 0 Å². The molecule has 1 saturated heterocycles. The summed E-state index contributed by atoms with van der Waals surface area (Å²) in [5, 5.41) is 6.56. The Morgan fingerprint density at radius 3 is 2.70 bits per heavy atom. The molecule has 6 heteroatoms. The van der Waals surface area contributed by atoms with E-state index in [1.54, 1.807) is 18.2 Å². The molecule has 1 aliphatic rings. The third-order valence-corrected chi connectivity index (χ3v) is 3.93. The number of nitrogens with zero attached hydrogens (tertiary/aromatic N) is 2. The highest BCUT2D eigenvalue weighted by molar-refractivity contribution is 5.97. The fourth-order valence-electron chi connectivity index (χ4n) is 2.79. The average molecular weight is 313 g/mol. The number of hydrogen-bond acceptors (Lipinski definition) is 4. The maximum Gasteiger partial charge on any atom is 0.232 e. The van der Waals surface area contributed by atoms with E-state index in [0.29, 0.717) is 17.9 Å². The van der Waals surface area contributed by atoms with Crippen molar-refractivity contribution in [2.75, 3.05) is 10.2 Å². The molecule has 120 valence electrons. The van der Waals surface area contributed by atoms with Crippen molar-refractivity contribution in [1.82, 2.24) is 5.16 Å². The van der Waals surface area contributed by atoms with Crippen LogP contribution in [-0.2, 0) is 16.0 Å². The van der Waals surface area contributed by atoms with Gasteiger partial charge in [-0.25, -0.2) is 0 Å². The second-order valence-corrected chi connectivity index (χ2v) is 5.86. The van der Waals surface area contributed by atoms with E-state index >= 15 is 0 Å². The first kappa shape index (κ1) is 15.3. The lowest BCUT2D eigenvalue weighted by Crippen LogP contribution is -2.30. The number of anilines is 2. The molecule has 0 bridgehead atoms. The van der Waals surface area contributed by atoms with Gasteiger partial charge in [-0.05, 0) is 44.5 Å². The van der Waals surface area contributed by atoms with Gasteiger partial charge < -0.3 is 14.7 Å². The van der Waals surface area contributed by atoms with Crippen LogP contribution >= 0.6 is 0 Å². The highest BCUT2D eigenvalue weighted by atomic mass is 16.5. The number of nitrogens with one attached hydrogen (secondary N) is 1. The van der Waals surface area contributed by atoms with E-state index in [1.165, 1.54) is 0 Å². The first-order chi connectivity index (χ1) is 11.0. The van der Waals surface area contributed by atoms with Crippen molar-refractivity contribution in [2.45, 2.75) is 39.2 Å². The smallest absolute Gasteiger partial charge is 0.232 e. The minimum Gasteiger partial charge on any atom is -0.361 e. The Kier molecular flexibility index (Phi) is 4.14. The summed E-state index contributed by atoms with van der Waals surface area (Å²) in [6, 6.07) is 9.27. The van der Waals surface area contributed by atoms with Gasteiger partial charge in [-0.2, -0.15) is 0 Å². The van der Waals surface area contributed by atoms with E-state index in [-0.39, 0.29) is 24.3 Å². The Morgan fingerprint density at radius 1 is 1.39 bits per heavy atom. The van der Waals surface area contributed by atoms with Gasteiger partial charge in [-0.3, -0.25) is 9.59 Å². The van der Waals surface area contributed by atoms with Crippen LogP contribution in [0.4, 0.5) is 11.4 Å². The molecule has 1 aromatic heterocycles. The van der Waals surface area contributed by atoms with Gasteiger partial charge in [0.2, 0.25) is 11.8 Å². The summed E-state index contributed by atoms with van der Waals surface area (Å²) in [7, 11) is 0. The molecule has 0 radical (unpaired) electrons. The van der Waals surface area contributed by atoms with Crippen LogP contribution in [0.15, 0.2) is 34.9 Å². The maximum absolute atomic E-state index is 12.0. The van der Waals surface area contributed by atoms with Crippen LogP contribution in [0.25, 0.3) is 0 Å². The summed E-state index contributed by atoms with van der Waals surface area (Å²) < 4.78 is 5.03. The van der Waals surface area contributed by atoms with Crippen molar-refractivity contribution in [1.29, 1.82) is 0 Å². The van der Waals surface area contributed by atoms with Crippen molar-refractivity contribution in [3.8, 4) is 0 Å². The molecule has 23 heavy (non-hydrogen) atoms. The zero-order valence-corrected chi connectivity index (χ0v) is 13.2. The molecule has 0 spiro atoms. The topological polar surface area (TPSA) is 75.4 Å². The zero-order valence-electron chi connectivity index (χ0n) is 13.2. The lowest BCUT2D eigenvalue weighted by Gasteiger charge is -2.21. The average Bonchev–Trinajstić information content (AvgIpc) is 3.06. The van der Waals surface area contributed by atoms with Crippen molar-refractivity contribution in [2.24, 2.45) is 0 Å². The van der Waals surface area contributed by atoms with E-state index in [9.17, 15) is 9.59 Å². The Morgan fingerprint density at radius 2 is 2.13 bits per heavy atom. The highest BCUT2D eigenvalue weighted by Gasteiger charge is 2.28. The van der Waals surface area contributed by atoms with Crippen LogP contribution in [-0.4, -0.2) is 23.0 Å². The van der Waals surface area contributed by atoms with Crippen molar-refractivity contribution < 1.29 is 14.1 Å². The van der Waals surface area contributed by atoms with Gasteiger partial charge in [0.1, 0.15) is 5.76 Å². The van der Waals surface area contributed by atoms with Gasteiger partial charge in [-0.15, -0.1) is 0 Å². The SMILES string of the molecule is Cc1cc(CC(=O)Nc2ccc(N3C(=O)CCC3C)cc2)on1. The fraction of sp³-hybridized carbons (Fsp3) is 0.353. The number of amides is 2. The van der Waals surface area contributed by atoms with Crippen LogP contribution in [0.3, 0.4) is 0 Å². The summed E-state index contributed by atoms with van der Waals surface area (Å²) in [6.07, 6.45) is 1.62. The van der Waals surface area contributed by atoms with Crippen LogP contribution in [0, 0.1) is 6.92 Å². The summed E-state index contributed by atoms with van der Waals surface area (Å²) in [4.78, 5) is 25.7. The van der Waals surface area contributed by atoms with E-state index < -0.39 is 0 Å². The molecule has 2 amide bonds. The van der Waals surface area contributed by atoms with Gasteiger partial charge in [0.05, 0.1) is 12.1 Å². The first-order valence-corrected chi connectivity index (χ1v) is 7.67. The predicted molar refractivity (Wildman–Crippen MR) is 86.2 cm³/mol. The molecule has 2 heterocycles. The lowest BCUT2D eigenvalue weighted by molar-refractivity contribution is -0.117. The third-order valence-electron chi connectivity index (χ3n) is 3.93. The number of aromatic nitrogens is 1. The van der Waals surface area contributed by atoms with E-state index in [4.69, 9.17) is 4.52 Å². The standard InChI is InChI=1S/C17H19N3O3/c1-11-9-15(23-19-11)10-16(21)18-13-4-6-14(7-5-13)20-12(2)3-8-17(20)22/h4-7,9,12H,3,8,10H2,1-2H3,(H,18,21). The Balaban J connectivity index is 1.63. The molecule has 3 rings (SSSR count). The summed E-state index contributed by atoms with van der Waals surface area (Å²) in [6.45, 7) is 3.85. The molecular weight excluding hydrogens is 294 g/mol. The Hall–Kier alpha value is -2.63. The van der Waals surface area contributed by atoms with Crippen molar-refractivity contribution in [3.05, 3.63) is 41.8 Å². The number of carbonyl (C=O) groups is 2. The van der Waals surface area contributed by atoms with Crippen LogP contribution in [0.5, 0.6) is 0 Å². The van der Waals surface area contributed by atoms with Gasteiger partial charge in [0, 0.05) is 29.9 Å². The molecule has 1 atom stereocenters. The van der Waals surface area contributed by atoms with E-state index in [2.05, 4.69) is 10.5 Å². The largest absolute Gasteiger partial charge is 0.361 e. The molecule has 1 N–H and O–H groups in total. The van der Waals surface area contributed by atoms with Crippen LogP contribution < -0.4 is 10.2 Å². The molecule has 1 aliphatic heterocycles. The van der Waals surface area contributed by atoms with Crippen molar-refractivity contribution in [3.63, 3.8) is 0 Å². The number of benzene rings is 1. The number of carbonyl (C=O) groups excluding carboxylic acids is 2. The summed E-state index contributed by atoms with van der Waals surface area (Å²) in [5.74, 6) is 0.516. The minimum absolute atomic E-state index is 0.143. The zero-order chi connectivity index (χ0) is 16.4. The van der Waals surface area contributed by atoms with Crippen LogP contribution in [0.2, 0.25) is 0 Å². The van der Waals surface area contributed by atoms with Gasteiger partial charge in [0.15, 0.2) is 0 Å². The maximum atomic E-state index is 12.0. The molecule has 1 unspecified atom stereocenters. The molecule has 1 aromatic carbocycles. The Bertz CT molecular complexity index is 721. The summed E-state index contributed by atoms with van der Waals surface area (Å²) >= 11 is 0. The first-order valence-electron chi connectivity index (χ1n) is 7.67. The van der Waals surface area contributed by atoms with E-state index in [1.807, 2.05) is 30.9 Å². The molecular formula is C17H19N3O3. The van der Waals surface area contributed by atoms with E-state index in [0.717, 1.165) is 17.8 Å². The van der Waals surface area contributed by atoms with Gasteiger partial charge >= 0.3 is 0 Å². The number of rotatable bonds is 4. The lowest BCUT2D eigenvalue weighted by atomic mass is 10.2. The second-order valence-electron chi connectivity index (χ2n) is 5.86. The number of aryl methyl sites for hydroxylation is 1. The molecule has 0 saturated carbocycles. The fourth-order valence-corrected chi connectivity index (χ4v) is 2.79. The predicted octanol–water partition coefficient (Wildman–Crippen LogP) is 2.68. The Labute approximate surface area is 134 Å². The highest BCUT2D eigenvalue weighted by Crippen LogP contribution is 2.27. The molecule has 2 aromatic rings. The quantitative estimate of drug-likeness (QED) is 0.941.